The molecule has 32 heavy (non-hydrogen) atoms. The second-order valence-corrected chi connectivity index (χ2v) is 8.48. The maximum atomic E-state index is 14.1. The van der Waals surface area contributed by atoms with Gasteiger partial charge in [0.1, 0.15) is 11.5 Å². The highest BCUT2D eigenvalue weighted by Crippen LogP contribution is 2.24. The molecular formula is C25H27FN4O2. The first kappa shape index (κ1) is 21.7. The van der Waals surface area contributed by atoms with Crippen LogP contribution in [0.4, 0.5) is 4.39 Å². The molecule has 2 aromatic carbocycles. The molecule has 1 fully saturated rings. The molecule has 2 amide bonds. The predicted molar refractivity (Wildman–Crippen MR) is 121 cm³/mol. The van der Waals surface area contributed by atoms with Crippen molar-refractivity contribution in [3.05, 3.63) is 77.4 Å². The van der Waals surface area contributed by atoms with Crippen LogP contribution in [-0.2, 0) is 11.2 Å². The molecule has 1 atom stereocenters. The molecule has 2 N–H and O–H groups in total. The van der Waals surface area contributed by atoms with Crippen LogP contribution in [0.1, 0.15) is 41.5 Å². The number of carbonyl (C=O) groups is 2. The molecule has 4 rings (SSSR count). The van der Waals surface area contributed by atoms with Crippen LogP contribution in [0.25, 0.3) is 11.1 Å². The normalized spacial score (nSPS) is 16.7. The summed E-state index contributed by atoms with van der Waals surface area (Å²) < 4.78 is 14.1. The van der Waals surface area contributed by atoms with E-state index in [1.54, 1.807) is 29.2 Å². The van der Waals surface area contributed by atoms with Gasteiger partial charge in [-0.1, -0.05) is 56.3 Å². The van der Waals surface area contributed by atoms with Gasteiger partial charge in [0, 0.05) is 30.9 Å². The number of nitrogens with zero attached hydrogens (tertiary/aromatic N) is 2. The topological polar surface area (TPSA) is 78.1 Å². The van der Waals surface area contributed by atoms with Crippen LogP contribution in [0.15, 0.2) is 54.6 Å². The maximum absolute atomic E-state index is 14.1. The molecule has 1 aliphatic rings. The van der Waals surface area contributed by atoms with Gasteiger partial charge in [-0.2, -0.15) is 5.10 Å². The van der Waals surface area contributed by atoms with Crippen molar-refractivity contribution in [3.8, 4) is 11.1 Å². The number of hydrogen-bond donors (Lipinski definition) is 2. The number of halogens is 1. The fourth-order valence-electron chi connectivity index (χ4n) is 3.94. The Bertz CT molecular complexity index is 1110. The number of carbonyl (C=O) groups excluding carboxylic acids is 2. The van der Waals surface area contributed by atoms with E-state index in [0.29, 0.717) is 37.3 Å². The van der Waals surface area contributed by atoms with Crippen molar-refractivity contribution in [3.63, 3.8) is 0 Å². The van der Waals surface area contributed by atoms with Gasteiger partial charge in [-0.05, 0) is 35.6 Å². The smallest absolute Gasteiger partial charge is 0.274 e. The number of rotatable bonds is 5. The van der Waals surface area contributed by atoms with E-state index in [4.69, 9.17) is 0 Å². The van der Waals surface area contributed by atoms with Gasteiger partial charge in [0.2, 0.25) is 5.91 Å². The van der Waals surface area contributed by atoms with Crippen molar-refractivity contribution in [2.24, 2.45) is 5.92 Å². The Morgan fingerprint density at radius 3 is 2.62 bits per heavy atom. The summed E-state index contributed by atoms with van der Waals surface area (Å²) in [6, 6.07) is 16.0. The fraction of sp³-hybridized carbons (Fsp3) is 0.320. The summed E-state index contributed by atoms with van der Waals surface area (Å²) in [6.45, 7) is 5.24. The molecule has 6 nitrogen and oxygen atoms in total. The van der Waals surface area contributed by atoms with Gasteiger partial charge in [-0.3, -0.25) is 14.7 Å². The third kappa shape index (κ3) is 4.72. The molecule has 1 aromatic heterocycles. The average Bonchev–Trinajstić information content (AvgIpc) is 3.22. The minimum absolute atomic E-state index is 0.0663. The molecule has 1 aliphatic heterocycles. The molecule has 1 unspecified atom stereocenters. The van der Waals surface area contributed by atoms with E-state index in [0.717, 1.165) is 16.8 Å². The van der Waals surface area contributed by atoms with Crippen LogP contribution in [0.2, 0.25) is 0 Å². The maximum Gasteiger partial charge on any atom is 0.274 e. The Kier molecular flexibility index (Phi) is 6.35. The van der Waals surface area contributed by atoms with E-state index in [-0.39, 0.29) is 29.5 Å². The van der Waals surface area contributed by atoms with E-state index in [2.05, 4.69) is 15.5 Å². The third-order valence-electron chi connectivity index (χ3n) is 5.84. The molecule has 2 heterocycles. The molecule has 7 heteroatoms. The van der Waals surface area contributed by atoms with Gasteiger partial charge in [0.25, 0.3) is 5.91 Å². The Labute approximate surface area is 186 Å². The minimum Gasteiger partial charge on any atom is -0.354 e. The van der Waals surface area contributed by atoms with E-state index < -0.39 is 0 Å². The van der Waals surface area contributed by atoms with Gasteiger partial charge in [-0.15, -0.1) is 0 Å². The predicted octanol–water partition coefficient (Wildman–Crippen LogP) is 3.77. The average molecular weight is 435 g/mol. The molecule has 0 saturated carbocycles. The SMILES string of the molecule is CC(C)c1cc(C(=O)N2CCNC(=O)C(Cc3ccc(-c4ccccc4F)cc3)C2)n[nH]1. The van der Waals surface area contributed by atoms with Gasteiger partial charge in [0.15, 0.2) is 0 Å². The molecule has 0 bridgehead atoms. The lowest BCUT2D eigenvalue weighted by molar-refractivity contribution is -0.124. The van der Waals surface area contributed by atoms with Crippen molar-refractivity contribution in [1.82, 2.24) is 20.4 Å². The van der Waals surface area contributed by atoms with Crippen LogP contribution >= 0.6 is 0 Å². The number of H-pyrrole nitrogens is 1. The Hall–Kier alpha value is -3.48. The quantitative estimate of drug-likeness (QED) is 0.642. The van der Waals surface area contributed by atoms with E-state index in [1.807, 2.05) is 38.1 Å². The van der Waals surface area contributed by atoms with E-state index in [9.17, 15) is 14.0 Å². The first-order chi connectivity index (χ1) is 15.4. The highest BCUT2D eigenvalue weighted by Gasteiger charge is 2.29. The Morgan fingerprint density at radius 2 is 1.94 bits per heavy atom. The zero-order valence-corrected chi connectivity index (χ0v) is 18.3. The molecule has 0 radical (unpaired) electrons. The molecule has 0 spiro atoms. The summed E-state index contributed by atoms with van der Waals surface area (Å²) in [7, 11) is 0. The molecule has 0 aliphatic carbocycles. The van der Waals surface area contributed by atoms with Crippen LogP contribution in [0.5, 0.6) is 0 Å². The minimum atomic E-state index is -0.371. The number of benzene rings is 2. The van der Waals surface area contributed by atoms with Crippen LogP contribution in [-0.4, -0.2) is 46.5 Å². The second-order valence-electron chi connectivity index (χ2n) is 8.48. The van der Waals surface area contributed by atoms with Crippen molar-refractivity contribution < 1.29 is 14.0 Å². The fourth-order valence-corrected chi connectivity index (χ4v) is 3.94. The zero-order chi connectivity index (χ0) is 22.7. The molecule has 166 valence electrons. The van der Waals surface area contributed by atoms with Gasteiger partial charge in [-0.25, -0.2) is 4.39 Å². The van der Waals surface area contributed by atoms with Crippen molar-refractivity contribution >= 4 is 11.8 Å². The third-order valence-corrected chi connectivity index (χ3v) is 5.84. The lowest BCUT2D eigenvalue weighted by atomic mass is 9.96. The number of aromatic nitrogens is 2. The summed E-state index contributed by atoms with van der Waals surface area (Å²) in [4.78, 5) is 27.3. The number of nitrogens with one attached hydrogen (secondary N) is 2. The van der Waals surface area contributed by atoms with Gasteiger partial charge in [0.05, 0.1) is 5.92 Å². The highest BCUT2D eigenvalue weighted by atomic mass is 19.1. The second kappa shape index (κ2) is 9.34. The van der Waals surface area contributed by atoms with Crippen LogP contribution in [0.3, 0.4) is 0 Å². The van der Waals surface area contributed by atoms with E-state index in [1.165, 1.54) is 6.07 Å². The lowest BCUT2D eigenvalue weighted by Gasteiger charge is -2.22. The van der Waals surface area contributed by atoms with Gasteiger partial charge < -0.3 is 10.2 Å². The first-order valence-corrected chi connectivity index (χ1v) is 10.9. The molecule has 1 saturated heterocycles. The Balaban J connectivity index is 1.48. The van der Waals surface area contributed by atoms with Crippen molar-refractivity contribution in [2.75, 3.05) is 19.6 Å². The van der Waals surface area contributed by atoms with Crippen LogP contribution in [0, 0.1) is 11.7 Å². The van der Waals surface area contributed by atoms with Crippen LogP contribution < -0.4 is 5.32 Å². The first-order valence-electron chi connectivity index (χ1n) is 10.9. The summed E-state index contributed by atoms with van der Waals surface area (Å²) in [5.41, 5.74) is 3.57. The monoisotopic (exact) mass is 434 g/mol. The van der Waals surface area contributed by atoms with Crippen molar-refractivity contribution in [2.45, 2.75) is 26.2 Å². The van der Waals surface area contributed by atoms with E-state index >= 15 is 0 Å². The summed E-state index contributed by atoms with van der Waals surface area (Å²) in [5.74, 6) is -0.634. The molecule has 3 aromatic rings. The zero-order valence-electron chi connectivity index (χ0n) is 18.3. The summed E-state index contributed by atoms with van der Waals surface area (Å²) in [6.07, 6.45) is 0.491. The number of aromatic amines is 1. The molecular weight excluding hydrogens is 407 g/mol. The summed E-state index contributed by atoms with van der Waals surface area (Å²) in [5, 5.41) is 9.99. The Morgan fingerprint density at radius 1 is 1.19 bits per heavy atom. The lowest BCUT2D eigenvalue weighted by Crippen LogP contribution is -2.37. The largest absolute Gasteiger partial charge is 0.354 e. The number of amides is 2. The van der Waals surface area contributed by atoms with Crippen molar-refractivity contribution in [1.29, 1.82) is 0 Å². The number of hydrogen-bond acceptors (Lipinski definition) is 3. The standard InChI is InChI=1S/C25H27FN4O2/c1-16(2)22-14-23(29-28-22)25(32)30-12-11-27-24(31)19(15-30)13-17-7-9-18(10-8-17)20-5-3-4-6-21(20)26/h3-10,14,16,19H,11-13,15H2,1-2H3,(H,27,31)(H,28,29). The highest BCUT2D eigenvalue weighted by molar-refractivity contribution is 5.93. The van der Waals surface area contributed by atoms with Gasteiger partial charge >= 0.3 is 0 Å². The summed E-state index contributed by atoms with van der Waals surface area (Å²) >= 11 is 0.